The molecule has 3 nitrogen and oxygen atoms in total. The minimum Gasteiger partial charge on any atom is -0.448 e. The molecule has 0 aromatic heterocycles. The molecule has 0 bridgehead atoms. The average Bonchev–Trinajstić information content (AvgIpc) is 2.74. The second-order valence-corrected chi connectivity index (χ2v) is 4.01. The fourth-order valence-electron chi connectivity index (χ4n) is 1.52. The number of carbonyl (C=O) groups excluding carboxylic acids is 1. The zero-order valence-corrected chi connectivity index (χ0v) is 7.85. The molecule has 1 aliphatic heterocycles. The third kappa shape index (κ3) is 1.40. The van der Waals surface area contributed by atoms with Crippen molar-refractivity contribution >= 4 is 18.7 Å². The van der Waals surface area contributed by atoms with E-state index in [2.05, 4.69) is 12.6 Å². The van der Waals surface area contributed by atoms with Crippen LogP contribution in [0.3, 0.4) is 0 Å². The van der Waals surface area contributed by atoms with E-state index in [0.717, 1.165) is 18.8 Å². The first-order valence-electron chi connectivity index (χ1n) is 4.28. The van der Waals surface area contributed by atoms with Gasteiger partial charge >= 0.3 is 6.09 Å². The maximum Gasteiger partial charge on any atom is 0.409 e. The minimum absolute atomic E-state index is 0.150. The summed E-state index contributed by atoms with van der Waals surface area (Å²) >= 11 is 4.29. The fraction of sp³-hybridized carbons (Fsp3) is 0.875. The Balaban J connectivity index is 1.90. The van der Waals surface area contributed by atoms with Crippen LogP contribution in [0.4, 0.5) is 4.79 Å². The van der Waals surface area contributed by atoms with Crippen LogP contribution in [0.2, 0.25) is 0 Å². The molecule has 1 aliphatic carbocycles. The zero-order chi connectivity index (χ0) is 8.60. The quantitative estimate of drug-likeness (QED) is 0.672. The first-order chi connectivity index (χ1) is 5.76. The Morgan fingerprint density at radius 3 is 2.75 bits per heavy atom. The van der Waals surface area contributed by atoms with Gasteiger partial charge in [-0.2, -0.15) is 12.6 Å². The zero-order valence-electron chi connectivity index (χ0n) is 6.95. The molecular formula is C8H13NO2S. The summed E-state index contributed by atoms with van der Waals surface area (Å²) in [6.45, 7) is 2.16. The second-order valence-electron chi connectivity index (χ2n) is 3.69. The molecule has 2 aliphatic rings. The van der Waals surface area contributed by atoms with Gasteiger partial charge in [-0.15, -0.1) is 0 Å². The minimum atomic E-state index is -0.150. The van der Waals surface area contributed by atoms with E-state index in [0.29, 0.717) is 12.0 Å². The van der Waals surface area contributed by atoms with Gasteiger partial charge in [0.2, 0.25) is 0 Å². The molecule has 0 atom stereocenters. The van der Waals surface area contributed by atoms with E-state index >= 15 is 0 Å². The highest BCUT2D eigenvalue weighted by atomic mass is 32.1. The van der Waals surface area contributed by atoms with Crippen molar-refractivity contribution in [2.24, 2.45) is 5.41 Å². The van der Waals surface area contributed by atoms with Crippen molar-refractivity contribution in [3.8, 4) is 0 Å². The van der Waals surface area contributed by atoms with Crippen LogP contribution in [0.1, 0.15) is 12.8 Å². The van der Waals surface area contributed by atoms with Crippen molar-refractivity contribution in [3.63, 3.8) is 0 Å². The summed E-state index contributed by atoms with van der Waals surface area (Å²) < 4.78 is 4.85. The normalized spacial score (nSPS) is 25.8. The molecule has 0 aromatic carbocycles. The van der Waals surface area contributed by atoms with Gasteiger partial charge in [0.1, 0.15) is 6.61 Å². The predicted molar refractivity (Wildman–Crippen MR) is 48.4 cm³/mol. The highest BCUT2D eigenvalue weighted by Gasteiger charge is 2.44. The van der Waals surface area contributed by atoms with Crippen LogP contribution in [-0.4, -0.2) is 36.4 Å². The molecule has 0 radical (unpaired) electrons. The Kier molecular flexibility index (Phi) is 1.94. The monoisotopic (exact) mass is 187 g/mol. The molecule has 0 unspecified atom stereocenters. The smallest absolute Gasteiger partial charge is 0.409 e. The number of rotatable bonds is 3. The second kappa shape index (κ2) is 2.83. The van der Waals surface area contributed by atoms with Crippen molar-refractivity contribution in [1.82, 2.24) is 4.90 Å². The molecule has 0 spiro atoms. The Morgan fingerprint density at radius 1 is 1.58 bits per heavy atom. The molecule has 1 heterocycles. The molecule has 1 saturated carbocycles. The lowest BCUT2D eigenvalue weighted by molar-refractivity contribution is 0.154. The van der Waals surface area contributed by atoms with Crippen LogP contribution in [0.25, 0.3) is 0 Å². The predicted octanol–water partition coefficient (Wildman–Crippen LogP) is 1.15. The molecule has 2 fully saturated rings. The Bertz CT molecular complexity index is 203. The molecule has 4 heteroatoms. The summed E-state index contributed by atoms with van der Waals surface area (Å²) in [6.07, 6.45) is 2.27. The van der Waals surface area contributed by atoms with Gasteiger partial charge in [-0.3, -0.25) is 0 Å². The van der Waals surface area contributed by atoms with Gasteiger partial charge in [0.05, 0.1) is 6.54 Å². The molecular weight excluding hydrogens is 174 g/mol. The van der Waals surface area contributed by atoms with E-state index in [9.17, 15) is 4.79 Å². The Hall–Kier alpha value is -0.380. The number of hydrogen-bond acceptors (Lipinski definition) is 3. The van der Waals surface area contributed by atoms with Gasteiger partial charge in [0, 0.05) is 6.54 Å². The standard InChI is InChI=1S/C8H13NO2S/c10-7-9(3-4-11-7)5-8(6-12)1-2-8/h12H,1-6H2. The van der Waals surface area contributed by atoms with Crippen LogP contribution < -0.4 is 0 Å². The van der Waals surface area contributed by atoms with Crippen LogP contribution >= 0.6 is 12.6 Å². The van der Waals surface area contributed by atoms with E-state index < -0.39 is 0 Å². The fourth-order valence-corrected chi connectivity index (χ4v) is 1.93. The lowest BCUT2D eigenvalue weighted by atomic mass is 10.1. The molecule has 2 rings (SSSR count). The molecule has 1 amide bonds. The van der Waals surface area contributed by atoms with Crippen molar-refractivity contribution in [3.05, 3.63) is 0 Å². The summed E-state index contributed by atoms with van der Waals surface area (Å²) in [5.74, 6) is 0.886. The van der Waals surface area contributed by atoms with Crippen LogP contribution in [0.15, 0.2) is 0 Å². The average molecular weight is 187 g/mol. The number of amides is 1. The van der Waals surface area contributed by atoms with Gasteiger partial charge < -0.3 is 9.64 Å². The van der Waals surface area contributed by atoms with Crippen LogP contribution in [0.5, 0.6) is 0 Å². The van der Waals surface area contributed by atoms with Gasteiger partial charge in [0.15, 0.2) is 0 Å². The highest BCUT2D eigenvalue weighted by Crippen LogP contribution is 2.47. The van der Waals surface area contributed by atoms with Crippen molar-refractivity contribution < 1.29 is 9.53 Å². The molecule has 12 heavy (non-hydrogen) atoms. The van der Waals surface area contributed by atoms with Crippen LogP contribution in [-0.2, 0) is 4.74 Å². The summed E-state index contributed by atoms with van der Waals surface area (Å²) in [7, 11) is 0. The lowest BCUT2D eigenvalue weighted by Gasteiger charge is -2.18. The van der Waals surface area contributed by atoms with E-state index in [1.807, 2.05) is 0 Å². The van der Waals surface area contributed by atoms with E-state index in [-0.39, 0.29) is 6.09 Å². The van der Waals surface area contributed by atoms with E-state index in [1.54, 1.807) is 4.90 Å². The topological polar surface area (TPSA) is 29.5 Å². The van der Waals surface area contributed by atoms with Crippen LogP contribution in [0, 0.1) is 5.41 Å². The largest absolute Gasteiger partial charge is 0.448 e. The van der Waals surface area contributed by atoms with Gasteiger partial charge in [-0.1, -0.05) is 0 Å². The maximum absolute atomic E-state index is 11.1. The highest BCUT2D eigenvalue weighted by molar-refractivity contribution is 7.80. The molecule has 1 saturated heterocycles. The molecule has 0 N–H and O–H groups in total. The number of nitrogens with zero attached hydrogens (tertiary/aromatic N) is 1. The summed E-state index contributed by atoms with van der Waals surface area (Å²) in [5.41, 5.74) is 0.326. The third-order valence-electron chi connectivity index (χ3n) is 2.66. The first kappa shape index (κ1) is 8.23. The number of thiol groups is 1. The molecule has 68 valence electrons. The third-order valence-corrected chi connectivity index (χ3v) is 3.33. The van der Waals surface area contributed by atoms with Crippen molar-refractivity contribution in [2.75, 3.05) is 25.4 Å². The van der Waals surface area contributed by atoms with Gasteiger partial charge in [-0.05, 0) is 24.0 Å². The summed E-state index contributed by atoms with van der Waals surface area (Å²) in [5, 5.41) is 0. The SMILES string of the molecule is O=C1OCCN1CC1(CS)CC1. The van der Waals surface area contributed by atoms with E-state index in [4.69, 9.17) is 4.74 Å². The summed E-state index contributed by atoms with van der Waals surface area (Å²) in [6, 6.07) is 0. The number of carbonyl (C=O) groups is 1. The Labute approximate surface area is 77.5 Å². The van der Waals surface area contributed by atoms with E-state index in [1.165, 1.54) is 12.8 Å². The maximum atomic E-state index is 11.1. The van der Waals surface area contributed by atoms with Crippen molar-refractivity contribution in [2.45, 2.75) is 12.8 Å². The Morgan fingerprint density at radius 2 is 2.33 bits per heavy atom. The number of ether oxygens (including phenoxy) is 1. The lowest BCUT2D eigenvalue weighted by Crippen LogP contribution is -2.31. The van der Waals surface area contributed by atoms with Gasteiger partial charge in [0.25, 0.3) is 0 Å². The van der Waals surface area contributed by atoms with Crippen molar-refractivity contribution in [1.29, 1.82) is 0 Å². The number of hydrogen-bond donors (Lipinski definition) is 1. The van der Waals surface area contributed by atoms with Gasteiger partial charge in [-0.25, -0.2) is 4.79 Å². The molecule has 0 aromatic rings. The number of cyclic esters (lactones) is 1. The summed E-state index contributed by atoms with van der Waals surface area (Å²) in [4.78, 5) is 12.9. The first-order valence-corrected chi connectivity index (χ1v) is 4.92.